The molecule has 1 heterocycles. The number of aryl methyl sites for hydroxylation is 2. The molecule has 0 fully saturated rings. The molecule has 1 aromatic heterocycles. The Labute approximate surface area is 160 Å². The molecule has 138 valence electrons. The summed E-state index contributed by atoms with van der Waals surface area (Å²) in [6.45, 7) is 3.71. The average Bonchev–Trinajstić information content (AvgIpc) is 3.00. The van der Waals surface area contributed by atoms with E-state index in [-0.39, 0.29) is 17.8 Å². The van der Waals surface area contributed by atoms with Crippen molar-refractivity contribution in [1.29, 1.82) is 0 Å². The number of nitrogens with zero attached hydrogens (tertiary/aromatic N) is 3. The predicted molar refractivity (Wildman–Crippen MR) is 102 cm³/mol. The van der Waals surface area contributed by atoms with Crippen LogP contribution in [0.25, 0.3) is 5.69 Å². The molecule has 8 nitrogen and oxygen atoms in total. The van der Waals surface area contributed by atoms with Crippen LogP contribution in [-0.2, 0) is 6.54 Å². The number of aromatic amines is 1. The van der Waals surface area contributed by atoms with E-state index in [9.17, 15) is 14.9 Å². The average molecular weight is 383 g/mol. The maximum Gasteiger partial charge on any atom is 0.273 e. The minimum absolute atomic E-state index is 0.0925. The van der Waals surface area contributed by atoms with Crippen molar-refractivity contribution in [3.63, 3.8) is 0 Å². The number of nitro groups is 1. The SMILES string of the molecule is Cc1cccc(-n2c(CNC(=O)c3ccc(C)c([N+](=O)[O-])c3)n[nH]c2=S)c1. The fourth-order valence-corrected chi connectivity index (χ4v) is 2.95. The summed E-state index contributed by atoms with van der Waals surface area (Å²) in [5.41, 5.74) is 2.52. The van der Waals surface area contributed by atoms with Gasteiger partial charge in [0.05, 0.1) is 11.5 Å². The van der Waals surface area contributed by atoms with Gasteiger partial charge in [-0.15, -0.1) is 0 Å². The molecule has 3 aromatic rings. The minimum atomic E-state index is -0.505. The molecule has 2 aromatic carbocycles. The van der Waals surface area contributed by atoms with Crippen molar-refractivity contribution in [2.24, 2.45) is 0 Å². The van der Waals surface area contributed by atoms with Gasteiger partial charge >= 0.3 is 0 Å². The van der Waals surface area contributed by atoms with E-state index in [2.05, 4.69) is 15.5 Å². The lowest BCUT2D eigenvalue weighted by Gasteiger charge is -2.09. The van der Waals surface area contributed by atoms with Gasteiger partial charge in [-0.3, -0.25) is 24.6 Å². The summed E-state index contributed by atoms with van der Waals surface area (Å²) in [6.07, 6.45) is 0. The Morgan fingerprint density at radius 2 is 2.07 bits per heavy atom. The van der Waals surface area contributed by atoms with Gasteiger partial charge in [0.15, 0.2) is 10.6 Å². The molecular weight excluding hydrogens is 366 g/mol. The van der Waals surface area contributed by atoms with Gasteiger partial charge in [-0.1, -0.05) is 18.2 Å². The van der Waals surface area contributed by atoms with E-state index in [1.165, 1.54) is 6.07 Å². The number of carbonyl (C=O) groups excluding carboxylic acids is 1. The Bertz CT molecular complexity index is 1090. The maximum atomic E-state index is 12.4. The predicted octanol–water partition coefficient (Wildman–Crippen LogP) is 3.38. The summed E-state index contributed by atoms with van der Waals surface area (Å²) in [5.74, 6) is 0.100. The Morgan fingerprint density at radius 1 is 1.30 bits per heavy atom. The van der Waals surface area contributed by atoms with Crippen molar-refractivity contribution in [3.8, 4) is 5.69 Å². The highest BCUT2D eigenvalue weighted by molar-refractivity contribution is 7.71. The van der Waals surface area contributed by atoms with Crippen molar-refractivity contribution in [3.05, 3.63) is 79.9 Å². The minimum Gasteiger partial charge on any atom is -0.345 e. The second kappa shape index (κ2) is 7.50. The van der Waals surface area contributed by atoms with Crippen molar-refractivity contribution in [1.82, 2.24) is 20.1 Å². The van der Waals surface area contributed by atoms with E-state index in [1.54, 1.807) is 23.6 Å². The number of nitro benzene ring substituents is 1. The van der Waals surface area contributed by atoms with Gasteiger partial charge in [0, 0.05) is 22.9 Å². The molecule has 0 bridgehead atoms. The van der Waals surface area contributed by atoms with Crippen LogP contribution in [0.5, 0.6) is 0 Å². The van der Waals surface area contributed by atoms with Gasteiger partial charge in [0.1, 0.15) is 0 Å². The van der Waals surface area contributed by atoms with Crippen LogP contribution in [0.3, 0.4) is 0 Å². The maximum absolute atomic E-state index is 12.4. The highest BCUT2D eigenvalue weighted by Gasteiger charge is 2.16. The van der Waals surface area contributed by atoms with E-state index in [0.29, 0.717) is 16.2 Å². The lowest BCUT2D eigenvalue weighted by atomic mass is 10.1. The molecule has 0 aliphatic carbocycles. The molecule has 1 amide bonds. The number of amides is 1. The summed E-state index contributed by atoms with van der Waals surface area (Å²) in [7, 11) is 0. The van der Waals surface area contributed by atoms with Crippen LogP contribution < -0.4 is 5.32 Å². The standard InChI is InChI=1S/C18H17N5O3S/c1-11-4-3-5-14(8-11)22-16(20-21-18(22)27)10-19-17(24)13-7-6-12(2)15(9-13)23(25)26/h3-9H,10H2,1-2H3,(H,19,24)(H,21,27). The fourth-order valence-electron chi connectivity index (χ4n) is 2.69. The van der Waals surface area contributed by atoms with Gasteiger partial charge in [-0.2, -0.15) is 5.10 Å². The van der Waals surface area contributed by atoms with E-state index >= 15 is 0 Å². The monoisotopic (exact) mass is 383 g/mol. The zero-order valence-corrected chi connectivity index (χ0v) is 15.5. The van der Waals surface area contributed by atoms with Crippen LogP contribution in [-0.4, -0.2) is 25.6 Å². The van der Waals surface area contributed by atoms with Gasteiger partial charge in [-0.25, -0.2) is 0 Å². The highest BCUT2D eigenvalue weighted by atomic mass is 32.1. The first-order valence-corrected chi connectivity index (χ1v) is 8.54. The summed E-state index contributed by atoms with van der Waals surface area (Å²) in [5, 5.41) is 20.7. The van der Waals surface area contributed by atoms with Crippen LogP contribution in [0.4, 0.5) is 5.69 Å². The van der Waals surface area contributed by atoms with E-state index in [4.69, 9.17) is 12.2 Å². The third kappa shape index (κ3) is 3.93. The molecule has 0 atom stereocenters. The Hall–Kier alpha value is -3.33. The quantitative estimate of drug-likeness (QED) is 0.399. The molecule has 3 rings (SSSR count). The number of nitrogens with one attached hydrogen (secondary N) is 2. The number of benzene rings is 2. The topological polar surface area (TPSA) is 106 Å². The molecule has 0 spiro atoms. The van der Waals surface area contributed by atoms with Crippen LogP contribution >= 0.6 is 12.2 Å². The summed E-state index contributed by atoms with van der Waals surface area (Å²) in [6, 6.07) is 12.1. The molecule has 0 saturated heterocycles. The second-order valence-corrected chi connectivity index (χ2v) is 6.45. The molecule has 0 aliphatic heterocycles. The molecule has 0 unspecified atom stereocenters. The van der Waals surface area contributed by atoms with Crippen LogP contribution in [0.2, 0.25) is 0 Å². The first-order valence-electron chi connectivity index (χ1n) is 8.13. The number of aromatic nitrogens is 3. The fraction of sp³-hybridized carbons (Fsp3) is 0.167. The third-order valence-electron chi connectivity index (χ3n) is 4.08. The third-order valence-corrected chi connectivity index (χ3v) is 4.35. The number of hydrogen-bond acceptors (Lipinski definition) is 5. The first kappa shape index (κ1) is 18.5. The zero-order valence-electron chi connectivity index (χ0n) is 14.7. The number of carbonyl (C=O) groups is 1. The van der Waals surface area contributed by atoms with E-state index in [0.717, 1.165) is 11.3 Å². The first-order chi connectivity index (χ1) is 12.9. The van der Waals surface area contributed by atoms with Crippen molar-refractivity contribution >= 4 is 23.8 Å². The smallest absolute Gasteiger partial charge is 0.273 e. The van der Waals surface area contributed by atoms with Gasteiger partial charge < -0.3 is 5.32 Å². The Balaban J connectivity index is 1.82. The lowest BCUT2D eigenvalue weighted by Crippen LogP contribution is -2.24. The summed E-state index contributed by atoms with van der Waals surface area (Å²) in [4.78, 5) is 23.0. The summed E-state index contributed by atoms with van der Waals surface area (Å²) < 4.78 is 2.15. The van der Waals surface area contributed by atoms with Crippen LogP contribution in [0.1, 0.15) is 27.3 Å². The Morgan fingerprint density at radius 3 is 2.78 bits per heavy atom. The van der Waals surface area contributed by atoms with Crippen LogP contribution in [0, 0.1) is 28.7 Å². The van der Waals surface area contributed by atoms with E-state index < -0.39 is 10.8 Å². The van der Waals surface area contributed by atoms with Crippen molar-refractivity contribution in [2.75, 3.05) is 0 Å². The highest BCUT2D eigenvalue weighted by Crippen LogP contribution is 2.19. The number of hydrogen-bond donors (Lipinski definition) is 2. The molecule has 0 aliphatic rings. The van der Waals surface area contributed by atoms with Crippen LogP contribution in [0.15, 0.2) is 42.5 Å². The van der Waals surface area contributed by atoms with Gasteiger partial charge in [0.25, 0.3) is 11.6 Å². The molecule has 0 radical (unpaired) electrons. The van der Waals surface area contributed by atoms with Crippen molar-refractivity contribution < 1.29 is 9.72 Å². The lowest BCUT2D eigenvalue weighted by molar-refractivity contribution is -0.385. The second-order valence-electron chi connectivity index (χ2n) is 6.06. The largest absolute Gasteiger partial charge is 0.345 e. The van der Waals surface area contributed by atoms with Crippen molar-refractivity contribution in [2.45, 2.75) is 20.4 Å². The molecular formula is C18H17N5O3S. The molecule has 9 heteroatoms. The van der Waals surface area contributed by atoms with E-state index in [1.807, 2.05) is 31.2 Å². The normalized spacial score (nSPS) is 10.6. The number of H-pyrrole nitrogens is 1. The summed E-state index contributed by atoms with van der Waals surface area (Å²) >= 11 is 5.29. The van der Waals surface area contributed by atoms with Gasteiger partial charge in [-0.05, 0) is 49.8 Å². The molecule has 0 saturated carbocycles. The Kier molecular flexibility index (Phi) is 5.13. The number of rotatable bonds is 5. The molecule has 27 heavy (non-hydrogen) atoms. The van der Waals surface area contributed by atoms with Gasteiger partial charge in [0.2, 0.25) is 0 Å². The zero-order chi connectivity index (χ0) is 19.6. The molecule has 2 N–H and O–H groups in total.